The number of hydrogen-bond acceptors (Lipinski definition) is 5. The van der Waals surface area contributed by atoms with Crippen molar-refractivity contribution in [2.75, 3.05) is 19.6 Å². The lowest BCUT2D eigenvalue weighted by molar-refractivity contribution is -0.138. The smallest absolute Gasteiger partial charge is 0.418 e. The lowest BCUT2D eigenvalue weighted by Gasteiger charge is -2.33. The quantitative estimate of drug-likeness (QED) is 0.442. The summed E-state index contributed by atoms with van der Waals surface area (Å²) in [5.41, 5.74) is -1.40. The monoisotopic (exact) mass is 543 g/mol. The first-order valence-corrected chi connectivity index (χ1v) is 12.7. The Hall–Kier alpha value is -3.09. The average molecular weight is 544 g/mol. The molecule has 3 heterocycles. The molecule has 1 atom stereocenters. The number of likely N-dealkylation sites (tertiary alicyclic amines) is 1. The van der Waals surface area contributed by atoms with E-state index >= 15 is 0 Å². The standard InChI is InChI=1S/C25H30F5N5O3/c26-24(27)9-4-11-34(15-24)12-8-16(13-21(36)37)32-23(38)19-14-20(35(33-19)17-5-1-2-6-17)22-18(25(28,29)30)7-3-10-31-22/h3,7,10,14,16-17H,1-2,4-6,8-9,11-13,15H2,(H,32,38)(H,36,37). The summed E-state index contributed by atoms with van der Waals surface area (Å²) in [7, 11) is 0. The van der Waals surface area contributed by atoms with Gasteiger partial charge in [-0.05, 0) is 50.4 Å². The normalized spacial score (nSPS) is 19.4. The van der Waals surface area contributed by atoms with E-state index in [0.29, 0.717) is 25.8 Å². The van der Waals surface area contributed by atoms with Crippen LogP contribution in [0.3, 0.4) is 0 Å². The molecule has 38 heavy (non-hydrogen) atoms. The van der Waals surface area contributed by atoms with Crippen molar-refractivity contribution in [1.29, 1.82) is 0 Å². The number of carboxylic acid groups (broad SMARTS) is 1. The highest BCUT2D eigenvalue weighted by molar-refractivity contribution is 5.94. The van der Waals surface area contributed by atoms with E-state index in [1.165, 1.54) is 27.9 Å². The Balaban J connectivity index is 1.57. The van der Waals surface area contributed by atoms with Gasteiger partial charge in [-0.3, -0.25) is 24.2 Å². The fourth-order valence-electron chi connectivity index (χ4n) is 5.22. The number of aromatic nitrogens is 3. The van der Waals surface area contributed by atoms with Gasteiger partial charge in [0.15, 0.2) is 5.69 Å². The van der Waals surface area contributed by atoms with Crippen molar-refractivity contribution in [2.45, 2.75) is 75.5 Å². The van der Waals surface area contributed by atoms with Crippen molar-refractivity contribution >= 4 is 11.9 Å². The molecule has 1 aliphatic carbocycles. The van der Waals surface area contributed by atoms with Crippen LogP contribution in [0.4, 0.5) is 22.0 Å². The molecule has 2 aromatic heterocycles. The van der Waals surface area contributed by atoms with Gasteiger partial charge in [-0.15, -0.1) is 0 Å². The summed E-state index contributed by atoms with van der Waals surface area (Å²) in [6, 6.07) is 2.27. The molecule has 2 aromatic rings. The highest BCUT2D eigenvalue weighted by atomic mass is 19.4. The van der Waals surface area contributed by atoms with E-state index in [2.05, 4.69) is 15.4 Å². The largest absolute Gasteiger partial charge is 0.481 e. The van der Waals surface area contributed by atoms with Crippen molar-refractivity contribution < 1.29 is 36.6 Å². The number of carbonyl (C=O) groups is 2. The number of nitrogens with zero attached hydrogens (tertiary/aromatic N) is 4. The molecule has 0 spiro atoms. The number of alkyl halides is 5. The van der Waals surface area contributed by atoms with Gasteiger partial charge in [0.05, 0.1) is 30.3 Å². The Morgan fingerprint density at radius 1 is 1.21 bits per heavy atom. The molecule has 13 heteroatoms. The number of pyridine rings is 1. The Morgan fingerprint density at radius 3 is 2.61 bits per heavy atom. The Kier molecular flexibility index (Phi) is 8.34. The molecule has 208 valence electrons. The van der Waals surface area contributed by atoms with Crippen LogP contribution in [0.5, 0.6) is 0 Å². The summed E-state index contributed by atoms with van der Waals surface area (Å²) in [6.45, 7) is 0.185. The van der Waals surface area contributed by atoms with E-state index in [0.717, 1.165) is 18.9 Å². The summed E-state index contributed by atoms with van der Waals surface area (Å²) in [5.74, 6) is -4.74. The molecule has 1 aliphatic heterocycles. The summed E-state index contributed by atoms with van der Waals surface area (Å²) < 4.78 is 70.1. The third-order valence-corrected chi connectivity index (χ3v) is 7.02. The number of amides is 1. The van der Waals surface area contributed by atoms with E-state index in [4.69, 9.17) is 0 Å². The first-order chi connectivity index (χ1) is 17.9. The van der Waals surface area contributed by atoms with Crippen LogP contribution in [0.2, 0.25) is 0 Å². The van der Waals surface area contributed by atoms with Crippen LogP contribution in [0.15, 0.2) is 24.4 Å². The molecule has 2 fully saturated rings. The van der Waals surface area contributed by atoms with Crippen LogP contribution in [0.1, 0.15) is 73.5 Å². The number of nitrogens with one attached hydrogen (secondary N) is 1. The number of aliphatic carboxylic acids is 1. The minimum Gasteiger partial charge on any atom is -0.481 e. The van der Waals surface area contributed by atoms with Crippen molar-refractivity contribution in [3.05, 3.63) is 35.7 Å². The van der Waals surface area contributed by atoms with Gasteiger partial charge < -0.3 is 10.4 Å². The zero-order chi connectivity index (χ0) is 27.5. The van der Waals surface area contributed by atoms with Crippen LogP contribution in [-0.4, -0.2) is 68.2 Å². The van der Waals surface area contributed by atoms with Crippen LogP contribution in [0.25, 0.3) is 11.4 Å². The fourth-order valence-corrected chi connectivity index (χ4v) is 5.22. The first kappa shape index (κ1) is 27.9. The van der Waals surface area contributed by atoms with Gasteiger partial charge in [0.25, 0.3) is 11.8 Å². The highest BCUT2D eigenvalue weighted by Gasteiger charge is 2.37. The van der Waals surface area contributed by atoms with Gasteiger partial charge >= 0.3 is 12.1 Å². The molecule has 0 radical (unpaired) electrons. The Morgan fingerprint density at radius 2 is 1.95 bits per heavy atom. The van der Waals surface area contributed by atoms with E-state index in [1.807, 2.05) is 0 Å². The SMILES string of the molecule is O=C(O)CC(CCN1CCCC(F)(F)C1)NC(=O)c1cc(-c2ncccc2C(F)(F)F)n(C2CCCC2)n1. The molecule has 4 rings (SSSR count). The Bertz CT molecular complexity index is 1150. The maximum Gasteiger partial charge on any atom is 0.418 e. The number of carbonyl (C=O) groups excluding carboxylic acids is 1. The molecule has 8 nitrogen and oxygen atoms in total. The van der Waals surface area contributed by atoms with Crippen LogP contribution >= 0.6 is 0 Å². The molecule has 1 saturated heterocycles. The molecule has 2 aliphatic rings. The van der Waals surface area contributed by atoms with E-state index in [9.17, 15) is 36.6 Å². The number of halogens is 5. The van der Waals surface area contributed by atoms with Gasteiger partial charge in [0, 0.05) is 25.2 Å². The first-order valence-electron chi connectivity index (χ1n) is 12.7. The van der Waals surface area contributed by atoms with Crippen molar-refractivity contribution in [1.82, 2.24) is 25.0 Å². The average Bonchev–Trinajstić information content (AvgIpc) is 3.51. The number of rotatable bonds is 9. The van der Waals surface area contributed by atoms with Crippen LogP contribution in [0, 0.1) is 0 Å². The van der Waals surface area contributed by atoms with E-state index < -0.39 is 48.5 Å². The van der Waals surface area contributed by atoms with Crippen LogP contribution in [-0.2, 0) is 11.0 Å². The topological polar surface area (TPSA) is 100 Å². The van der Waals surface area contributed by atoms with Gasteiger partial charge in [0.1, 0.15) is 5.69 Å². The summed E-state index contributed by atoms with van der Waals surface area (Å²) in [4.78, 5) is 30.0. The van der Waals surface area contributed by atoms with Gasteiger partial charge in [0.2, 0.25) is 0 Å². The lowest BCUT2D eigenvalue weighted by atomic mass is 10.1. The molecule has 1 amide bonds. The molecule has 1 unspecified atom stereocenters. The van der Waals surface area contributed by atoms with Crippen molar-refractivity contribution in [3.63, 3.8) is 0 Å². The second-order valence-electron chi connectivity index (χ2n) is 9.99. The fraction of sp³-hybridized carbons (Fsp3) is 0.600. The van der Waals surface area contributed by atoms with Gasteiger partial charge in [-0.2, -0.15) is 18.3 Å². The predicted molar refractivity (Wildman–Crippen MR) is 127 cm³/mol. The number of piperidine rings is 1. The molecular weight excluding hydrogens is 513 g/mol. The zero-order valence-electron chi connectivity index (χ0n) is 20.7. The van der Waals surface area contributed by atoms with Crippen LogP contribution < -0.4 is 5.32 Å². The minimum atomic E-state index is -4.67. The second-order valence-corrected chi connectivity index (χ2v) is 9.99. The van der Waals surface area contributed by atoms with E-state index in [-0.39, 0.29) is 42.5 Å². The highest BCUT2D eigenvalue weighted by Crippen LogP contribution is 2.39. The summed E-state index contributed by atoms with van der Waals surface area (Å²) >= 11 is 0. The van der Waals surface area contributed by atoms with Crippen molar-refractivity contribution in [2.24, 2.45) is 0 Å². The summed E-state index contributed by atoms with van der Waals surface area (Å²) in [5, 5.41) is 16.2. The molecule has 0 bridgehead atoms. The van der Waals surface area contributed by atoms with Crippen molar-refractivity contribution in [3.8, 4) is 11.4 Å². The lowest BCUT2D eigenvalue weighted by Crippen LogP contribution is -2.45. The maximum atomic E-state index is 13.7. The third-order valence-electron chi connectivity index (χ3n) is 7.02. The van der Waals surface area contributed by atoms with Gasteiger partial charge in [-0.25, -0.2) is 8.78 Å². The third kappa shape index (κ3) is 6.86. The van der Waals surface area contributed by atoms with E-state index in [1.54, 1.807) is 0 Å². The second kappa shape index (κ2) is 11.3. The molecule has 0 aromatic carbocycles. The predicted octanol–water partition coefficient (Wildman–Crippen LogP) is 4.77. The molecular formula is C25H30F5N5O3. The number of carboxylic acids is 1. The maximum absolute atomic E-state index is 13.7. The minimum absolute atomic E-state index is 0.0558. The van der Waals surface area contributed by atoms with Gasteiger partial charge in [-0.1, -0.05) is 12.8 Å². The molecule has 2 N–H and O–H groups in total. The number of hydrogen-bond donors (Lipinski definition) is 2. The summed E-state index contributed by atoms with van der Waals surface area (Å²) in [6.07, 6.45) is -0.523. The Labute approximate surface area is 216 Å². The zero-order valence-corrected chi connectivity index (χ0v) is 20.7. The molecule has 1 saturated carbocycles.